The van der Waals surface area contributed by atoms with Crippen molar-refractivity contribution in [3.05, 3.63) is 35.6 Å². The van der Waals surface area contributed by atoms with Gasteiger partial charge in [-0.15, -0.1) is 0 Å². The predicted octanol–water partition coefficient (Wildman–Crippen LogP) is 1.15. The monoisotopic (exact) mass is 373 g/mol. The molecule has 2 unspecified atom stereocenters. The number of piperazine rings is 1. The van der Waals surface area contributed by atoms with Gasteiger partial charge in [-0.05, 0) is 30.9 Å². The standard InChI is InChI=1S/C20H28FN5O/c1-22-20(24-18-12-16(18)15-4-2-3-5-17(15)21)26-10-8-25(9-11-26)13-19(27)23-14-6-7-14/h2-5,14,16,18H,6-13H2,1H3,(H,22,24)(H,23,27). The molecular formula is C20H28FN5O. The van der Waals surface area contributed by atoms with E-state index in [1.807, 2.05) is 12.1 Å². The summed E-state index contributed by atoms with van der Waals surface area (Å²) in [6, 6.07) is 7.67. The zero-order valence-corrected chi connectivity index (χ0v) is 15.8. The van der Waals surface area contributed by atoms with Crippen molar-refractivity contribution in [3.63, 3.8) is 0 Å². The molecule has 1 heterocycles. The first-order valence-electron chi connectivity index (χ1n) is 9.88. The molecule has 0 radical (unpaired) electrons. The third kappa shape index (κ3) is 4.58. The smallest absolute Gasteiger partial charge is 0.234 e. The molecule has 0 bridgehead atoms. The van der Waals surface area contributed by atoms with Crippen LogP contribution in [0.1, 0.15) is 30.7 Å². The van der Waals surface area contributed by atoms with Crippen LogP contribution in [0.2, 0.25) is 0 Å². The fourth-order valence-corrected chi connectivity index (χ4v) is 3.76. The van der Waals surface area contributed by atoms with Gasteiger partial charge in [-0.3, -0.25) is 14.7 Å². The van der Waals surface area contributed by atoms with Crippen molar-refractivity contribution < 1.29 is 9.18 Å². The lowest BCUT2D eigenvalue weighted by atomic mass is 10.1. The molecule has 1 amide bonds. The van der Waals surface area contributed by atoms with Crippen molar-refractivity contribution in [2.24, 2.45) is 4.99 Å². The summed E-state index contributed by atoms with van der Waals surface area (Å²) in [4.78, 5) is 20.8. The number of halogens is 1. The van der Waals surface area contributed by atoms with Gasteiger partial charge in [0.1, 0.15) is 5.82 Å². The molecule has 0 spiro atoms. The molecule has 1 aromatic rings. The maximum Gasteiger partial charge on any atom is 0.234 e. The van der Waals surface area contributed by atoms with Crippen molar-refractivity contribution in [1.82, 2.24) is 20.4 Å². The fourth-order valence-electron chi connectivity index (χ4n) is 3.76. The number of hydrogen-bond donors (Lipinski definition) is 2. The number of carbonyl (C=O) groups is 1. The summed E-state index contributed by atoms with van der Waals surface area (Å²) in [5.74, 6) is 1.11. The SMILES string of the molecule is CN=C(NC1CC1c1ccccc1F)N1CCN(CC(=O)NC2CC2)CC1. The number of carbonyl (C=O) groups excluding carboxylic acids is 1. The predicted molar refractivity (Wildman–Crippen MR) is 103 cm³/mol. The van der Waals surface area contributed by atoms with E-state index in [4.69, 9.17) is 0 Å². The largest absolute Gasteiger partial charge is 0.353 e. The van der Waals surface area contributed by atoms with Crippen molar-refractivity contribution in [2.75, 3.05) is 39.8 Å². The van der Waals surface area contributed by atoms with Crippen LogP contribution in [-0.4, -0.2) is 73.5 Å². The maximum atomic E-state index is 14.0. The molecule has 6 nitrogen and oxygen atoms in total. The molecular weight excluding hydrogens is 345 g/mol. The molecule has 4 rings (SSSR count). The van der Waals surface area contributed by atoms with Gasteiger partial charge in [-0.2, -0.15) is 0 Å². The molecule has 27 heavy (non-hydrogen) atoms. The van der Waals surface area contributed by atoms with Crippen LogP contribution in [-0.2, 0) is 4.79 Å². The summed E-state index contributed by atoms with van der Waals surface area (Å²) in [6.45, 7) is 3.86. The van der Waals surface area contributed by atoms with Gasteiger partial charge >= 0.3 is 0 Å². The molecule has 2 atom stereocenters. The molecule has 2 saturated carbocycles. The van der Waals surface area contributed by atoms with E-state index >= 15 is 0 Å². The van der Waals surface area contributed by atoms with E-state index in [-0.39, 0.29) is 23.7 Å². The zero-order chi connectivity index (χ0) is 18.8. The Morgan fingerprint density at radius 3 is 2.59 bits per heavy atom. The van der Waals surface area contributed by atoms with Gasteiger partial charge in [0, 0.05) is 51.2 Å². The third-order valence-electron chi connectivity index (χ3n) is 5.60. The molecule has 3 fully saturated rings. The summed E-state index contributed by atoms with van der Waals surface area (Å²) in [6.07, 6.45) is 3.17. The van der Waals surface area contributed by atoms with Crippen molar-refractivity contribution in [3.8, 4) is 0 Å². The average molecular weight is 373 g/mol. The van der Waals surface area contributed by atoms with Crippen LogP contribution in [0.25, 0.3) is 0 Å². The van der Waals surface area contributed by atoms with Crippen LogP contribution in [0.4, 0.5) is 4.39 Å². The highest BCUT2D eigenvalue weighted by Gasteiger charge is 2.41. The van der Waals surface area contributed by atoms with Crippen LogP contribution in [0.15, 0.2) is 29.3 Å². The lowest BCUT2D eigenvalue weighted by Crippen LogP contribution is -2.54. The van der Waals surface area contributed by atoms with Gasteiger partial charge in [-0.1, -0.05) is 18.2 Å². The molecule has 0 aromatic heterocycles. The number of nitrogens with zero attached hydrogens (tertiary/aromatic N) is 3. The Labute approximate surface area is 159 Å². The maximum absolute atomic E-state index is 14.0. The molecule has 2 N–H and O–H groups in total. The summed E-state index contributed by atoms with van der Waals surface area (Å²) in [5, 5.41) is 6.53. The number of aliphatic imine (C=N–C) groups is 1. The minimum atomic E-state index is -0.125. The van der Waals surface area contributed by atoms with Gasteiger partial charge in [-0.25, -0.2) is 4.39 Å². The molecule has 1 aliphatic heterocycles. The quantitative estimate of drug-likeness (QED) is 0.601. The molecule has 1 saturated heterocycles. The van der Waals surface area contributed by atoms with Gasteiger partial charge in [0.05, 0.1) is 6.54 Å². The van der Waals surface area contributed by atoms with E-state index in [0.29, 0.717) is 12.6 Å². The lowest BCUT2D eigenvalue weighted by Gasteiger charge is -2.36. The van der Waals surface area contributed by atoms with E-state index in [0.717, 1.165) is 57.0 Å². The van der Waals surface area contributed by atoms with Crippen LogP contribution < -0.4 is 10.6 Å². The van der Waals surface area contributed by atoms with Crippen molar-refractivity contribution >= 4 is 11.9 Å². The van der Waals surface area contributed by atoms with Crippen molar-refractivity contribution in [2.45, 2.75) is 37.3 Å². The van der Waals surface area contributed by atoms with E-state index in [1.54, 1.807) is 13.1 Å². The van der Waals surface area contributed by atoms with Crippen LogP contribution >= 0.6 is 0 Å². The second kappa shape index (κ2) is 7.84. The second-order valence-electron chi connectivity index (χ2n) is 7.77. The first-order valence-corrected chi connectivity index (χ1v) is 9.88. The van der Waals surface area contributed by atoms with Crippen LogP contribution in [0.3, 0.4) is 0 Å². The van der Waals surface area contributed by atoms with E-state index < -0.39 is 0 Å². The van der Waals surface area contributed by atoms with E-state index in [1.165, 1.54) is 6.07 Å². The average Bonchev–Trinajstić information content (AvgIpc) is 3.58. The molecule has 7 heteroatoms. The van der Waals surface area contributed by atoms with E-state index in [2.05, 4.69) is 25.4 Å². The number of hydrogen-bond acceptors (Lipinski definition) is 3. The minimum Gasteiger partial charge on any atom is -0.353 e. The highest BCUT2D eigenvalue weighted by molar-refractivity contribution is 5.81. The first-order chi connectivity index (χ1) is 13.1. The lowest BCUT2D eigenvalue weighted by molar-refractivity contribution is -0.122. The Morgan fingerprint density at radius 2 is 1.93 bits per heavy atom. The fraction of sp³-hybridized carbons (Fsp3) is 0.600. The summed E-state index contributed by atoms with van der Waals surface area (Å²) in [5.41, 5.74) is 0.789. The highest BCUT2D eigenvalue weighted by atomic mass is 19.1. The second-order valence-corrected chi connectivity index (χ2v) is 7.77. The van der Waals surface area contributed by atoms with E-state index in [9.17, 15) is 9.18 Å². The molecule has 146 valence electrons. The van der Waals surface area contributed by atoms with Gasteiger partial charge < -0.3 is 15.5 Å². The Morgan fingerprint density at radius 1 is 1.19 bits per heavy atom. The van der Waals surface area contributed by atoms with Gasteiger partial charge in [0.25, 0.3) is 0 Å². The minimum absolute atomic E-state index is 0.125. The Balaban J connectivity index is 1.24. The number of nitrogens with one attached hydrogen (secondary N) is 2. The summed E-state index contributed by atoms with van der Waals surface area (Å²) >= 11 is 0. The van der Waals surface area contributed by atoms with Gasteiger partial charge in [0.2, 0.25) is 5.91 Å². The summed E-state index contributed by atoms with van der Waals surface area (Å²) in [7, 11) is 1.79. The summed E-state index contributed by atoms with van der Waals surface area (Å²) < 4.78 is 14.0. The number of rotatable bonds is 5. The first kappa shape index (κ1) is 18.2. The highest BCUT2D eigenvalue weighted by Crippen LogP contribution is 2.41. The topological polar surface area (TPSA) is 60.0 Å². The number of amides is 1. The van der Waals surface area contributed by atoms with Crippen LogP contribution in [0.5, 0.6) is 0 Å². The number of guanidine groups is 1. The Hall–Kier alpha value is -2.15. The number of benzene rings is 1. The Bertz CT molecular complexity index is 712. The third-order valence-corrected chi connectivity index (χ3v) is 5.60. The zero-order valence-electron chi connectivity index (χ0n) is 15.8. The van der Waals surface area contributed by atoms with Crippen molar-refractivity contribution in [1.29, 1.82) is 0 Å². The molecule has 2 aliphatic carbocycles. The Kier molecular flexibility index (Phi) is 5.29. The molecule has 3 aliphatic rings. The van der Waals surface area contributed by atoms with Crippen LogP contribution in [0, 0.1) is 5.82 Å². The molecule has 1 aromatic carbocycles. The normalized spacial score (nSPS) is 26.0. The van der Waals surface area contributed by atoms with Gasteiger partial charge in [0.15, 0.2) is 5.96 Å².